The Morgan fingerprint density at radius 1 is 0.655 bits per heavy atom. The first-order chi connectivity index (χ1) is 25.7. The zero-order valence-corrected chi connectivity index (χ0v) is 29.9. The molecule has 3 aromatic carbocycles. The van der Waals surface area contributed by atoms with Gasteiger partial charge in [0.05, 0.1) is 43.6 Å². The van der Waals surface area contributed by atoms with Gasteiger partial charge in [0.25, 0.3) is 5.95 Å². The van der Waals surface area contributed by atoms with Crippen LogP contribution in [0.5, 0.6) is 0 Å². The lowest BCUT2D eigenvalue weighted by atomic mass is 9.91. The Morgan fingerprint density at radius 3 is 1.51 bits per heavy atom. The van der Waals surface area contributed by atoms with Crippen molar-refractivity contribution in [2.75, 3.05) is 16.4 Å². The smallest absolute Gasteiger partial charge is 0.337 e. The fourth-order valence-electron chi connectivity index (χ4n) is 4.78. The number of aromatic carboxylic acids is 5. The predicted molar refractivity (Wildman–Crippen MR) is 195 cm³/mol. The molecule has 0 saturated carbocycles. The maximum atomic E-state index is 11.8. The van der Waals surface area contributed by atoms with Crippen LogP contribution in [0.1, 0.15) is 78.3 Å². The van der Waals surface area contributed by atoms with Gasteiger partial charge in [-0.1, -0.05) is 44.0 Å². The van der Waals surface area contributed by atoms with Gasteiger partial charge in [-0.3, -0.25) is 0 Å². The van der Waals surface area contributed by atoms with Gasteiger partial charge >= 0.3 is 29.8 Å². The van der Waals surface area contributed by atoms with Gasteiger partial charge in [0.1, 0.15) is 5.69 Å². The van der Waals surface area contributed by atoms with Crippen molar-refractivity contribution in [3.63, 3.8) is 0 Å². The van der Waals surface area contributed by atoms with E-state index in [1.54, 1.807) is 20.8 Å². The molecule has 9 N–H and O–H groups in total. The molecule has 0 atom stereocenters. The molecule has 0 saturated heterocycles. The lowest BCUT2D eigenvalue weighted by Gasteiger charge is -2.15. The standard InChI is InChI=1S/C33H26Cl2N10O10/c1-33(2,3)23-22(43-42-21-10-18(29(54)55)19(34)11-20(21)35)24(36)45(44-23)32-40-30(37-16-6-12(25(46)47)4-13(7-16)26(48)49)39-31(41-32)38-17-8-14(27(50)51)5-15(9-17)28(52)53/h4-11H,36H2,1-3H3,(H,46,47)(H,48,49)(H,50,51)(H,52,53)(H,54,55)(H2,37,38,39,40,41). The number of aromatic nitrogens is 5. The molecule has 0 bridgehead atoms. The van der Waals surface area contributed by atoms with Crippen LogP contribution in [0.4, 0.5) is 40.5 Å². The van der Waals surface area contributed by atoms with Gasteiger partial charge in [0.15, 0.2) is 11.5 Å². The van der Waals surface area contributed by atoms with Crippen LogP contribution in [-0.4, -0.2) is 80.1 Å². The number of hydrogen-bond donors (Lipinski definition) is 8. The Kier molecular flexibility index (Phi) is 10.7. The largest absolute Gasteiger partial charge is 0.478 e. The summed E-state index contributed by atoms with van der Waals surface area (Å²) < 4.78 is 1.03. The number of nitrogen functional groups attached to an aromatic ring is 1. The minimum atomic E-state index is -1.43. The summed E-state index contributed by atoms with van der Waals surface area (Å²) in [7, 11) is 0. The number of nitrogens with two attached hydrogens (primary N) is 1. The first-order valence-corrected chi connectivity index (χ1v) is 16.0. The topological polar surface area (TPSA) is 318 Å². The first-order valence-electron chi connectivity index (χ1n) is 15.3. The molecule has 0 aliphatic rings. The van der Waals surface area contributed by atoms with Crippen LogP contribution < -0.4 is 16.4 Å². The molecule has 2 heterocycles. The molecule has 0 aliphatic carbocycles. The van der Waals surface area contributed by atoms with Crippen molar-refractivity contribution < 1.29 is 49.5 Å². The minimum absolute atomic E-state index is 0.0136. The van der Waals surface area contributed by atoms with E-state index in [-0.39, 0.29) is 90.0 Å². The molecular formula is C33H26Cl2N10O10. The van der Waals surface area contributed by atoms with Crippen molar-refractivity contribution in [3.8, 4) is 5.95 Å². The second kappa shape index (κ2) is 15.0. The molecule has 22 heteroatoms. The molecule has 5 aromatic rings. The average Bonchev–Trinajstić information content (AvgIpc) is 3.43. The van der Waals surface area contributed by atoms with Gasteiger partial charge < -0.3 is 41.9 Å². The number of nitrogens with one attached hydrogen (secondary N) is 2. The highest BCUT2D eigenvalue weighted by Crippen LogP contribution is 2.39. The van der Waals surface area contributed by atoms with Crippen LogP contribution >= 0.6 is 23.2 Å². The summed E-state index contributed by atoms with van der Waals surface area (Å²) in [6, 6.07) is 8.60. The third-order valence-corrected chi connectivity index (χ3v) is 7.92. The fraction of sp³-hybridized carbons (Fsp3) is 0.121. The van der Waals surface area contributed by atoms with Crippen molar-refractivity contribution in [2.24, 2.45) is 10.2 Å². The molecule has 0 spiro atoms. The number of anilines is 5. The molecule has 0 amide bonds. The summed E-state index contributed by atoms with van der Waals surface area (Å²) in [5, 5.41) is 66.0. The third kappa shape index (κ3) is 8.72. The Labute approximate surface area is 317 Å². The third-order valence-electron chi connectivity index (χ3n) is 7.31. The molecule has 55 heavy (non-hydrogen) atoms. The molecule has 0 unspecified atom stereocenters. The van der Waals surface area contributed by atoms with Crippen molar-refractivity contribution in [2.45, 2.75) is 26.2 Å². The molecule has 2 aromatic heterocycles. The van der Waals surface area contributed by atoms with E-state index in [0.717, 1.165) is 47.1 Å². The van der Waals surface area contributed by atoms with Crippen LogP contribution in [-0.2, 0) is 5.41 Å². The van der Waals surface area contributed by atoms with E-state index < -0.39 is 35.3 Å². The number of carboxylic acid groups (broad SMARTS) is 5. The van der Waals surface area contributed by atoms with Crippen molar-refractivity contribution in [1.29, 1.82) is 0 Å². The maximum Gasteiger partial charge on any atom is 0.337 e. The lowest BCUT2D eigenvalue weighted by Crippen LogP contribution is -2.15. The number of nitrogens with zero attached hydrogens (tertiary/aromatic N) is 7. The van der Waals surface area contributed by atoms with E-state index in [1.165, 1.54) is 6.07 Å². The quantitative estimate of drug-likeness (QED) is 0.0614. The van der Waals surface area contributed by atoms with E-state index in [4.69, 9.17) is 28.9 Å². The normalized spacial score (nSPS) is 11.4. The minimum Gasteiger partial charge on any atom is -0.478 e. The van der Waals surface area contributed by atoms with Gasteiger partial charge in [0.2, 0.25) is 11.9 Å². The highest BCUT2D eigenvalue weighted by atomic mass is 35.5. The van der Waals surface area contributed by atoms with Crippen molar-refractivity contribution in [3.05, 3.63) is 92.1 Å². The number of azo groups is 1. The van der Waals surface area contributed by atoms with Gasteiger partial charge in [0, 0.05) is 16.8 Å². The van der Waals surface area contributed by atoms with Gasteiger partial charge in [-0.2, -0.15) is 24.7 Å². The molecular weight excluding hydrogens is 767 g/mol. The summed E-state index contributed by atoms with van der Waals surface area (Å²) in [4.78, 5) is 71.7. The molecule has 5 rings (SSSR count). The SMILES string of the molecule is CC(C)(C)c1nn(-c2nc(Nc3cc(C(=O)O)cc(C(=O)O)c3)nc(Nc3cc(C(=O)O)cc(C(=O)O)c3)n2)c(N)c1N=Nc1cc(C(=O)O)c(Cl)cc1Cl. The maximum absolute atomic E-state index is 11.8. The van der Waals surface area contributed by atoms with Crippen molar-refractivity contribution >= 4 is 93.5 Å². The Balaban J connectivity index is 1.70. The lowest BCUT2D eigenvalue weighted by molar-refractivity contribution is 0.0676. The zero-order chi connectivity index (χ0) is 40.5. The monoisotopic (exact) mass is 792 g/mol. The summed E-state index contributed by atoms with van der Waals surface area (Å²) in [6.45, 7) is 5.32. The van der Waals surface area contributed by atoms with E-state index in [0.29, 0.717) is 0 Å². The molecule has 0 fully saturated rings. The first kappa shape index (κ1) is 39.0. The zero-order valence-electron chi connectivity index (χ0n) is 28.4. The number of hydrogen-bond acceptors (Lipinski definition) is 14. The van der Waals surface area contributed by atoms with Crippen LogP contribution in [0.25, 0.3) is 5.95 Å². The molecule has 0 radical (unpaired) electrons. The number of benzene rings is 3. The highest BCUT2D eigenvalue weighted by Gasteiger charge is 2.28. The van der Waals surface area contributed by atoms with Gasteiger partial charge in [-0.25, -0.2) is 24.0 Å². The summed E-state index contributed by atoms with van der Waals surface area (Å²) in [6.07, 6.45) is 0. The number of rotatable bonds is 12. The summed E-state index contributed by atoms with van der Waals surface area (Å²) in [5.41, 5.74) is 3.91. The molecule has 20 nitrogen and oxygen atoms in total. The summed E-state index contributed by atoms with van der Waals surface area (Å²) >= 11 is 12.3. The number of halogens is 2. The number of carbonyl (C=O) groups is 5. The second-order valence-corrected chi connectivity index (χ2v) is 13.2. The average molecular weight is 794 g/mol. The van der Waals surface area contributed by atoms with Crippen LogP contribution in [0.15, 0.2) is 58.8 Å². The highest BCUT2D eigenvalue weighted by molar-refractivity contribution is 6.37. The van der Waals surface area contributed by atoms with Gasteiger partial charge in [-0.15, -0.1) is 10.2 Å². The van der Waals surface area contributed by atoms with E-state index in [2.05, 4.69) is 40.9 Å². The number of carboxylic acids is 5. The second-order valence-electron chi connectivity index (χ2n) is 12.4. The van der Waals surface area contributed by atoms with Gasteiger partial charge in [-0.05, 0) is 48.5 Å². The Hall–Kier alpha value is -7.19. The predicted octanol–water partition coefficient (Wildman–Crippen LogP) is 6.64. The summed E-state index contributed by atoms with van der Waals surface area (Å²) in [5.74, 6) is -8.30. The molecule has 282 valence electrons. The Morgan fingerprint density at radius 2 is 1.11 bits per heavy atom. The van der Waals surface area contributed by atoms with E-state index in [1.807, 2.05) is 0 Å². The van der Waals surface area contributed by atoms with Crippen LogP contribution in [0.3, 0.4) is 0 Å². The van der Waals surface area contributed by atoms with Crippen LogP contribution in [0.2, 0.25) is 10.0 Å². The van der Waals surface area contributed by atoms with E-state index >= 15 is 0 Å². The molecule has 0 aliphatic heterocycles. The Bertz CT molecular complexity index is 2320. The van der Waals surface area contributed by atoms with Crippen LogP contribution in [0, 0.1) is 0 Å². The fourth-order valence-corrected chi connectivity index (χ4v) is 5.29. The van der Waals surface area contributed by atoms with E-state index in [9.17, 15) is 49.5 Å². The van der Waals surface area contributed by atoms with Crippen molar-refractivity contribution in [1.82, 2.24) is 24.7 Å².